The van der Waals surface area contributed by atoms with Gasteiger partial charge in [0.1, 0.15) is 0 Å². The maximum absolute atomic E-state index is 11.7. The van der Waals surface area contributed by atoms with E-state index in [4.69, 9.17) is 0 Å². The smallest absolute Gasteiger partial charge is 0.239 e. The summed E-state index contributed by atoms with van der Waals surface area (Å²) in [5.74, 6) is 0.601. The number of halogens is 2. The standard InChI is InChI=1S/C14H23IN4OS.HI/c1-14(2,3)19-12(20)9-18-13(16-4)17-8-7-10-5-6-11(15)21-10;/h5-6H,7-9H2,1-4H3,(H,19,20)(H2,16,17,18);1H. The average Bonchev–Trinajstić information content (AvgIpc) is 2.77. The highest BCUT2D eigenvalue weighted by Crippen LogP contribution is 2.18. The van der Waals surface area contributed by atoms with E-state index in [-0.39, 0.29) is 42.0 Å². The minimum Gasteiger partial charge on any atom is -0.356 e. The van der Waals surface area contributed by atoms with Gasteiger partial charge in [-0.05, 0) is 61.9 Å². The van der Waals surface area contributed by atoms with Gasteiger partial charge in [0.15, 0.2) is 5.96 Å². The van der Waals surface area contributed by atoms with Gasteiger partial charge in [-0.3, -0.25) is 9.79 Å². The van der Waals surface area contributed by atoms with Crippen LogP contribution in [-0.4, -0.2) is 37.5 Å². The van der Waals surface area contributed by atoms with E-state index >= 15 is 0 Å². The van der Waals surface area contributed by atoms with Crippen LogP contribution in [0.1, 0.15) is 25.6 Å². The molecule has 0 atom stereocenters. The highest BCUT2D eigenvalue weighted by atomic mass is 127. The minimum atomic E-state index is -0.216. The number of amides is 1. The van der Waals surface area contributed by atoms with Crippen LogP contribution in [0.5, 0.6) is 0 Å². The Morgan fingerprint density at radius 2 is 2.00 bits per heavy atom. The van der Waals surface area contributed by atoms with Crippen molar-refractivity contribution in [3.05, 3.63) is 19.9 Å². The van der Waals surface area contributed by atoms with E-state index in [2.05, 4.69) is 55.7 Å². The quantitative estimate of drug-likeness (QED) is 0.300. The van der Waals surface area contributed by atoms with E-state index in [9.17, 15) is 4.79 Å². The van der Waals surface area contributed by atoms with E-state index < -0.39 is 0 Å². The molecule has 1 rings (SSSR count). The molecule has 0 saturated carbocycles. The van der Waals surface area contributed by atoms with Gasteiger partial charge in [-0.15, -0.1) is 35.3 Å². The number of guanidine groups is 1. The Morgan fingerprint density at radius 1 is 1.32 bits per heavy atom. The molecule has 8 heteroatoms. The summed E-state index contributed by atoms with van der Waals surface area (Å²) in [5, 5.41) is 9.12. The second-order valence-electron chi connectivity index (χ2n) is 5.61. The fourth-order valence-corrected chi connectivity index (χ4v) is 3.39. The maximum Gasteiger partial charge on any atom is 0.239 e. The topological polar surface area (TPSA) is 65.5 Å². The van der Waals surface area contributed by atoms with Gasteiger partial charge < -0.3 is 16.0 Å². The highest BCUT2D eigenvalue weighted by Gasteiger charge is 2.13. The van der Waals surface area contributed by atoms with Gasteiger partial charge in [0.2, 0.25) is 5.91 Å². The Kier molecular flexibility index (Phi) is 10.6. The van der Waals surface area contributed by atoms with Crippen molar-refractivity contribution < 1.29 is 4.79 Å². The molecule has 5 nitrogen and oxygen atoms in total. The first-order valence-electron chi connectivity index (χ1n) is 6.80. The number of nitrogens with zero attached hydrogens (tertiary/aromatic N) is 1. The molecule has 0 saturated heterocycles. The van der Waals surface area contributed by atoms with E-state index in [1.54, 1.807) is 18.4 Å². The van der Waals surface area contributed by atoms with Crippen molar-refractivity contribution in [2.24, 2.45) is 4.99 Å². The number of rotatable bonds is 5. The average molecular weight is 550 g/mol. The Hall–Kier alpha value is -0.100. The van der Waals surface area contributed by atoms with Gasteiger partial charge in [-0.1, -0.05) is 0 Å². The van der Waals surface area contributed by atoms with Gasteiger partial charge >= 0.3 is 0 Å². The summed E-state index contributed by atoms with van der Waals surface area (Å²) in [7, 11) is 1.70. The Bertz CT molecular complexity index is 497. The van der Waals surface area contributed by atoms with Crippen molar-refractivity contribution in [3.8, 4) is 0 Å². The van der Waals surface area contributed by atoms with Crippen LogP contribution in [0.3, 0.4) is 0 Å². The lowest BCUT2D eigenvalue weighted by molar-refractivity contribution is -0.121. The number of nitrogens with one attached hydrogen (secondary N) is 3. The fourth-order valence-electron chi connectivity index (χ4n) is 1.64. The molecule has 0 bridgehead atoms. The SMILES string of the molecule is CN=C(NCCc1ccc(I)s1)NCC(=O)NC(C)(C)C.I. The van der Waals surface area contributed by atoms with E-state index in [0.717, 1.165) is 13.0 Å². The lowest BCUT2D eigenvalue weighted by atomic mass is 10.1. The Balaban J connectivity index is 0.00000441. The third-order valence-electron chi connectivity index (χ3n) is 2.45. The second-order valence-corrected chi connectivity index (χ2v) is 8.67. The molecule has 0 radical (unpaired) electrons. The lowest BCUT2D eigenvalue weighted by Gasteiger charge is -2.21. The summed E-state index contributed by atoms with van der Waals surface area (Å²) in [6.45, 7) is 6.88. The molecule has 1 aromatic heterocycles. The van der Waals surface area contributed by atoms with E-state index in [0.29, 0.717) is 5.96 Å². The molecule has 22 heavy (non-hydrogen) atoms. The van der Waals surface area contributed by atoms with Crippen molar-refractivity contribution in [3.63, 3.8) is 0 Å². The predicted molar refractivity (Wildman–Crippen MR) is 113 cm³/mol. The molecule has 0 aliphatic heterocycles. The van der Waals surface area contributed by atoms with Crippen LogP contribution in [0.2, 0.25) is 0 Å². The van der Waals surface area contributed by atoms with Crippen molar-refractivity contribution >= 4 is 69.8 Å². The zero-order valence-corrected chi connectivity index (χ0v) is 18.6. The van der Waals surface area contributed by atoms with Crippen molar-refractivity contribution in [1.29, 1.82) is 0 Å². The third kappa shape index (κ3) is 9.82. The first-order valence-corrected chi connectivity index (χ1v) is 8.69. The van der Waals surface area contributed by atoms with Crippen LogP contribution in [0.4, 0.5) is 0 Å². The monoisotopic (exact) mass is 550 g/mol. The molecule has 0 spiro atoms. The molecule has 1 aromatic rings. The largest absolute Gasteiger partial charge is 0.356 e. The molecule has 0 aliphatic rings. The number of aliphatic imine (C=N–C) groups is 1. The molecule has 3 N–H and O–H groups in total. The molecule has 0 unspecified atom stereocenters. The molecule has 126 valence electrons. The lowest BCUT2D eigenvalue weighted by Crippen LogP contribution is -2.48. The molecule has 1 heterocycles. The Morgan fingerprint density at radius 3 is 2.50 bits per heavy atom. The number of thiophene rings is 1. The van der Waals surface area contributed by atoms with Crippen LogP contribution >= 0.6 is 57.9 Å². The van der Waals surface area contributed by atoms with Crippen LogP contribution in [0.15, 0.2) is 17.1 Å². The summed E-state index contributed by atoms with van der Waals surface area (Å²) in [6.07, 6.45) is 0.947. The van der Waals surface area contributed by atoms with Gasteiger partial charge in [0, 0.05) is 24.0 Å². The first-order chi connectivity index (χ1) is 9.80. The molecule has 0 aliphatic carbocycles. The number of hydrogen-bond donors (Lipinski definition) is 3. The normalized spacial score (nSPS) is 11.6. The third-order valence-corrected chi connectivity index (χ3v) is 4.40. The van der Waals surface area contributed by atoms with Crippen molar-refractivity contribution in [1.82, 2.24) is 16.0 Å². The van der Waals surface area contributed by atoms with Gasteiger partial charge in [-0.2, -0.15) is 0 Å². The van der Waals surface area contributed by atoms with Crippen LogP contribution in [-0.2, 0) is 11.2 Å². The summed E-state index contributed by atoms with van der Waals surface area (Å²) in [6, 6.07) is 4.26. The summed E-state index contributed by atoms with van der Waals surface area (Å²) < 4.78 is 1.30. The zero-order chi connectivity index (χ0) is 15.9. The first kappa shape index (κ1) is 21.9. The maximum atomic E-state index is 11.7. The van der Waals surface area contributed by atoms with Crippen LogP contribution in [0, 0.1) is 2.88 Å². The number of carbonyl (C=O) groups excluding carboxylic acids is 1. The van der Waals surface area contributed by atoms with Gasteiger partial charge in [0.25, 0.3) is 0 Å². The predicted octanol–water partition coefficient (Wildman–Crippen LogP) is 2.59. The summed E-state index contributed by atoms with van der Waals surface area (Å²) in [4.78, 5) is 17.2. The summed E-state index contributed by atoms with van der Waals surface area (Å²) >= 11 is 4.12. The van der Waals surface area contributed by atoms with Crippen LogP contribution in [0.25, 0.3) is 0 Å². The highest BCUT2D eigenvalue weighted by molar-refractivity contribution is 14.1. The summed E-state index contributed by atoms with van der Waals surface area (Å²) in [5.41, 5.74) is -0.216. The van der Waals surface area contributed by atoms with Gasteiger partial charge in [-0.25, -0.2) is 0 Å². The van der Waals surface area contributed by atoms with Crippen molar-refractivity contribution in [2.75, 3.05) is 20.1 Å². The number of hydrogen-bond acceptors (Lipinski definition) is 3. The fraction of sp³-hybridized carbons (Fsp3) is 0.571. The second kappa shape index (κ2) is 10.6. The molecule has 0 fully saturated rings. The van der Waals surface area contributed by atoms with E-state index in [1.165, 1.54) is 7.76 Å². The molecule has 0 aromatic carbocycles. The molecular weight excluding hydrogens is 526 g/mol. The zero-order valence-electron chi connectivity index (χ0n) is 13.3. The van der Waals surface area contributed by atoms with Gasteiger partial charge in [0.05, 0.1) is 9.43 Å². The van der Waals surface area contributed by atoms with E-state index in [1.807, 2.05) is 20.8 Å². The number of carbonyl (C=O) groups is 1. The Labute approximate surface area is 167 Å². The minimum absolute atomic E-state index is 0. The van der Waals surface area contributed by atoms with Crippen molar-refractivity contribution in [2.45, 2.75) is 32.7 Å². The molecule has 1 amide bonds. The van der Waals surface area contributed by atoms with Crippen LogP contribution < -0.4 is 16.0 Å². The molecular formula is C14H24I2N4OS.